The number of allylic oxidation sites excluding steroid dienone is 2. The summed E-state index contributed by atoms with van der Waals surface area (Å²) in [6.07, 6.45) is 14.0. The first-order valence-corrected chi connectivity index (χ1v) is 23.0. The topological polar surface area (TPSA) is 36.8 Å². The summed E-state index contributed by atoms with van der Waals surface area (Å²) in [5.74, 6) is 1.94. The number of nitrogens with one attached hydrogen (secondary N) is 1. The maximum Gasteiger partial charge on any atom is 0.159 e. The maximum atomic E-state index is 5.18. The van der Waals surface area contributed by atoms with E-state index in [0.29, 0.717) is 5.92 Å². The van der Waals surface area contributed by atoms with Gasteiger partial charge in [0.15, 0.2) is 5.84 Å². The van der Waals surface area contributed by atoms with Gasteiger partial charge in [-0.2, -0.15) is 0 Å². The van der Waals surface area contributed by atoms with Crippen LogP contribution in [0.3, 0.4) is 0 Å². The molecule has 7 aromatic rings. The predicted molar refractivity (Wildman–Crippen MR) is 262 cm³/mol. The lowest BCUT2D eigenvalue weighted by Gasteiger charge is -2.36. The van der Waals surface area contributed by atoms with E-state index in [1.54, 1.807) is 11.1 Å². The molecule has 0 amide bonds. The number of nitrogens with zero attached hydrogens (tertiary/aromatic N) is 2. The molecule has 0 aromatic heterocycles. The Morgan fingerprint density at radius 1 is 0.524 bits per heavy atom. The second-order valence-electron chi connectivity index (χ2n) is 18.8. The number of aliphatic imine (C=N–C) groups is 2. The van der Waals surface area contributed by atoms with Gasteiger partial charge >= 0.3 is 0 Å². The second-order valence-corrected chi connectivity index (χ2v) is 18.8. The monoisotopic (exact) mass is 813 g/mol. The van der Waals surface area contributed by atoms with Crippen molar-refractivity contribution in [3.63, 3.8) is 0 Å². The molecule has 1 spiro atoms. The SMILES string of the molecule is CC1(C)c2cc3c(cc2-c2c(-c4cccc(-c5cccc(C6=NC(c7ccccc7)=NC(C7=CCC(c8ccccc8)C=C7)N6)c5)c4)cccc21)C1(CCCCC1)c1ccccc1-3. The first-order chi connectivity index (χ1) is 30.9. The standard InChI is InChI=1S/C60H51N3/c1-59(2)52-28-16-26-47(55(52)50-38-54-49(37-53(50)59)48-25-10-11-27-51(48)60(54)33-12-5-13-34-60)45-23-14-21-43(35-45)44-22-15-24-46(36-44)58-62-56(41-19-8-4-9-20-41)61-57(63-58)42-31-29-40(30-32-42)39-17-6-3-7-18-39/h3-4,6-11,14-29,31-32,35-38,40,57H,5,12-13,30,33-34H2,1-2H3,(H,61,62,63). The van der Waals surface area contributed by atoms with Crippen LogP contribution in [0.5, 0.6) is 0 Å². The van der Waals surface area contributed by atoms with E-state index in [1.807, 2.05) is 6.07 Å². The second kappa shape index (κ2) is 14.9. The summed E-state index contributed by atoms with van der Waals surface area (Å²) < 4.78 is 0. The molecule has 0 bridgehead atoms. The number of hydrogen-bond donors (Lipinski definition) is 1. The lowest BCUT2D eigenvalue weighted by molar-refractivity contribution is 0.353. The highest BCUT2D eigenvalue weighted by Gasteiger charge is 2.46. The van der Waals surface area contributed by atoms with Crippen molar-refractivity contribution in [2.45, 2.75) is 75.3 Å². The molecule has 63 heavy (non-hydrogen) atoms. The van der Waals surface area contributed by atoms with E-state index < -0.39 is 0 Å². The summed E-state index contributed by atoms with van der Waals surface area (Å²) in [6.45, 7) is 4.85. The molecule has 12 rings (SSSR count). The minimum absolute atomic E-state index is 0.112. The van der Waals surface area contributed by atoms with Crippen LogP contribution in [0.15, 0.2) is 198 Å². The smallest absolute Gasteiger partial charge is 0.159 e. The molecule has 2 unspecified atom stereocenters. The Balaban J connectivity index is 0.901. The van der Waals surface area contributed by atoms with Crippen LogP contribution in [-0.4, -0.2) is 17.8 Å². The molecule has 1 aliphatic heterocycles. The van der Waals surface area contributed by atoms with Crippen molar-refractivity contribution < 1.29 is 0 Å². The summed E-state index contributed by atoms with van der Waals surface area (Å²) in [4.78, 5) is 10.4. The number of amidine groups is 2. The molecule has 1 fully saturated rings. The first-order valence-electron chi connectivity index (χ1n) is 23.0. The Kier molecular flexibility index (Phi) is 8.97. The Labute approximate surface area is 371 Å². The van der Waals surface area contributed by atoms with Gasteiger partial charge in [-0.25, -0.2) is 9.98 Å². The number of hydrogen-bond acceptors (Lipinski definition) is 3. The summed E-state index contributed by atoms with van der Waals surface area (Å²) in [5, 5.41) is 3.74. The van der Waals surface area contributed by atoms with E-state index in [-0.39, 0.29) is 17.0 Å². The van der Waals surface area contributed by atoms with Crippen molar-refractivity contribution in [3.8, 4) is 44.5 Å². The van der Waals surface area contributed by atoms with E-state index in [4.69, 9.17) is 9.98 Å². The van der Waals surface area contributed by atoms with Crippen LogP contribution in [0.4, 0.5) is 0 Å². The highest BCUT2D eigenvalue weighted by atomic mass is 15.2. The molecule has 2 atom stereocenters. The zero-order valence-electron chi connectivity index (χ0n) is 36.1. The van der Waals surface area contributed by atoms with Crippen molar-refractivity contribution in [2.75, 3.05) is 0 Å². The summed E-state index contributed by atoms with van der Waals surface area (Å²) >= 11 is 0. The van der Waals surface area contributed by atoms with Gasteiger partial charge in [-0.1, -0.05) is 191 Å². The Hall–Kier alpha value is -6.84. The maximum absolute atomic E-state index is 5.18. The molecule has 1 saturated carbocycles. The summed E-state index contributed by atoms with van der Waals surface area (Å²) in [7, 11) is 0. The van der Waals surface area contributed by atoms with Crippen LogP contribution in [0.2, 0.25) is 0 Å². The quantitative estimate of drug-likeness (QED) is 0.178. The van der Waals surface area contributed by atoms with Gasteiger partial charge in [0.1, 0.15) is 12.0 Å². The Morgan fingerprint density at radius 2 is 1.16 bits per heavy atom. The zero-order chi connectivity index (χ0) is 42.1. The van der Waals surface area contributed by atoms with Gasteiger partial charge in [-0.3, -0.25) is 0 Å². The molecule has 1 heterocycles. The van der Waals surface area contributed by atoms with Crippen LogP contribution >= 0.6 is 0 Å². The normalized spacial score (nSPS) is 19.8. The molecule has 3 nitrogen and oxygen atoms in total. The third-order valence-electron chi connectivity index (χ3n) is 14.9. The fourth-order valence-corrected chi connectivity index (χ4v) is 11.6. The molecule has 0 saturated heterocycles. The van der Waals surface area contributed by atoms with Gasteiger partial charge in [0, 0.05) is 27.9 Å². The fourth-order valence-electron chi connectivity index (χ4n) is 11.6. The van der Waals surface area contributed by atoms with Crippen molar-refractivity contribution in [1.82, 2.24) is 5.32 Å². The number of benzene rings is 7. The zero-order valence-corrected chi connectivity index (χ0v) is 36.1. The lowest BCUT2D eigenvalue weighted by Crippen LogP contribution is -2.40. The van der Waals surface area contributed by atoms with E-state index in [2.05, 4.69) is 195 Å². The third kappa shape index (κ3) is 6.23. The summed E-state index contributed by atoms with van der Waals surface area (Å²) in [5.41, 5.74) is 21.1. The van der Waals surface area contributed by atoms with Crippen LogP contribution in [0.25, 0.3) is 44.5 Å². The van der Waals surface area contributed by atoms with Crippen LogP contribution in [0.1, 0.15) is 97.2 Å². The minimum Gasteiger partial charge on any atom is -0.344 e. The van der Waals surface area contributed by atoms with Crippen LogP contribution in [0, 0.1) is 0 Å². The largest absolute Gasteiger partial charge is 0.344 e. The van der Waals surface area contributed by atoms with Gasteiger partial charge in [0.2, 0.25) is 0 Å². The van der Waals surface area contributed by atoms with Crippen molar-refractivity contribution in [2.24, 2.45) is 9.98 Å². The predicted octanol–water partition coefficient (Wildman–Crippen LogP) is 14.4. The van der Waals surface area contributed by atoms with Crippen LogP contribution < -0.4 is 5.32 Å². The molecule has 4 aliphatic carbocycles. The molecule has 7 aromatic carbocycles. The van der Waals surface area contributed by atoms with Gasteiger partial charge in [0.25, 0.3) is 0 Å². The Morgan fingerprint density at radius 3 is 1.94 bits per heavy atom. The van der Waals surface area contributed by atoms with Crippen molar-refractivity contribution in [3.05, 3.63) is 227 Å². The first kappa shape index (κ1) is 37.9. The van der Waals surface area contributed by atoms with E-state index in [9.17, 15) is 0 Å². The van der Waals surface area contributed by atoms with Gasteiger partial charge in [-0.05, 0) is 121 Å². The minimum atomic E-state index is -0.247. The molecule has 1 N–H and O–H groups in total. The van der Waals surface area contributed by atoms with Crippen LogP contribution in [-0.2, 0) is 10.8 Å². The number of fused-ring (bicyclic) bond motifs is 8. The van der Waals surface area contributed by atoms with Crippen molar-refractivity contribution in [1.29, 1.82) is 0 Å². The Bertz CT molecular complexity index is 3070. The third-order valence-corrected chi connectivity index (χ3v) is 14.9. The highest BCUT2D eigenvalue weighted by molar-refractivity contribution is 6.13. The molecular formula is C60H51N3. The summed E-state index contributed by atoms with van der Waals surface area (Å²) in [6, 6.07) is 60.6. The van der Waals surface area contributed by atoms with Gasteiger partial charge < -0.3 is 5.32 Å². The van der Waals surface area contributed by atoms with E-state index in [0.717, 1.165) is 40.4 Å². The fraction of sp³-hybridized carbons (Fsp3) is 0.200. The number of rotatable bonds is 6. The van der Waals surface area contributed by atoms with Gasteiger partial charge in [0.05, 0.1) is 0 Å². The average molecular weight is 814 g/mol. The van der Waals surface area contributed by atoms with E-state index >= 15 is 0 Å². The molecule has 5 aliphatic rings. The highest BCUT2D eigenvalue weighted by Crippen LogP contribution is 2.60. The average Bonchev–Trinajstić information content (AvgIpc) is 3.74. The van der Waals surface area contributed by atoms with E-state index in [1.165, 1.54) is 87.7 Å². The molecular weight excluding hydrogens is 763 g/mol. The molecule has 3 heteroatoms. The van der Waals surface area contributed by atoms with Gasteiger partial charge in [-0.15, -0.1) is 0 Å². The molecule has 0 radical (unpaired) electrons. The molecule has 306 valence electrons. The lowest BCUT2D eigenvalue weighted by atomic mass is 9.67. The van der Waals surface area contributed by atoms with Crippen molar-refractivity contribution >= 4 is 11.7 Å².